The first kappa shape index (κ1) is 12.5. The van der Waals surface area contributed by atoms with Crippen molar-refractivity contribution in [3.05, 3.63) is 29.0 Å². The number of benzene rings is 1. The predicted molar refractivity (Wildman–Crippen MR) is 60.5 cm³/mol. The van der Waals surface area contributed by atoms with Crippen molar-refractivity contribution in [2.45, 2.75) is 24.3 Å². The molecule has 2 nitrogen and oxygen atoms in total. The fraction of sp³-hybridized carbons (Fsp3) is 0.300. The van der Waals surface area contributed by atoms with E-state index in [9.17, 15) is 9.18 Å². The number of hydrogen-bond donors (Lipinski definition) is 1. The molecule has 0 atom stereocenters. The third kappa shape index (κ3) is 3.48. The van der Waals surface area contributed by atoms with Crippen LogP contribution in [-0.2, 0) is 4.79 Å². The minimum absolute atomic E-state index is 0.0747. The zero-order valence-corrected chi connectivity index (χ0v) is 9.95. The molecule has 1 rings (SSSR count). The number of halogens is 2. The van der Waals surface area contributed by atoms with Crippen molar-refractivity contribution in [2.75, 3.05) is 0 Å². The van der Waals surface area contributed by atoms with Crippen molar-refractivity contribution in [3.63, 3.8) is 0 Å². The zero-order valence-electron chi connectivity index (χ0n) is 8.38. The number of carbonyl (C=O) groups is 1. The highest BCUT2D eigenvalue weighted by molar-refractivity contribution is 7.97. The quantitative estimate of drug-likeness (QED) is 0.655. The van der Waals surface area contributed by atoms with Crippen LogP contribution in [0, 0.1) is 5.82 Å². The zero-order chi connectivity index (χ0) is 11.5. The fourth-order valence-corrected chi connectivity index (χ4v) is 1.77. The first-order chi connectivity index (χ1) is 6.96. The van der Waals surface area contributed by atoms with Gasteiger partial charge in [-0.1, -0.05) is 17.7 Å². The van der Waals surface area contributed by atoms with Gasteiger partial charge in [-0.2, -0.15) is 0 Å². The van der Waals surface area contributed by atoms with Gasteiger partial charge >= 0.3 is 0 Å². The smallest absolute Gasteiger partial charge is 0.156 e. The monoisotopic (exact) mass is 247 g/mol. The maximum absolute atomic E-state index is 13.4. The van der Waals surface area contributed by atoms with Crippen molar-refractivity contribution in [3.8, 4) is 0 Å². The lowest BCUT2D eigenvalue weighted by Crippen LogP contribution is -2.35. The Hall–Kier alpha value is -0.580. The van der Waals surface area contributed by atoms with E-state index >= 15 is 0 Å². The topological polar surface area (TPSA) is 29.1 Å². The van der Waals surface area contributed by atoms with Gasteiger partial charge in [-0.3, -0.25) is 0 Å². The van der Waals surface area contributed by atoms with E-state index in [1.807, 2.05) is 0 Å². The van der Waals surface area contributed by atoms with Crippen molar-refractivity contribution in [1.29, 1.82) is 0 Å². The minimum Gasteiger partial charge on any atom is -0.301 e. The first-order valence-corrected chi connectivity index (χ1v) is 5.50. The van der Waals surface area contributed by atoms with E-state index < -0.39 is 11.4 Å². The molecule has 1 aromatic carbocycles. The van der Waals surface area contributed by atoms with E-state index in [1.165, 1.54) is 6.07 Å². The van der Waals surface area contributed by atoms with Gasteiger partial charge in [0.1, 0.15) is 6.29 Å². The molecule has 0 aliphatic rings. The van der Waals surface area contributed by atoms with Crippen LogP contribution in [-0.4, -0.2) is 11.8 Å². The molecule has 0 amide bonds. The molecule has 1 aromatic rings. The van der Waals surface area contributed by atoms with E-state index in [4.69, 9.17) is 11.6 Å². The minimum atomic E-state index is -0.695. The molecule has 0 saturated heterocycles. The number of rotatable bonds is 4. The van der Waals surface area contributed by atoms with Gasteiger partial charge in [-0.05, 0) is 37.9 Å². The highest BCUT2D eigenvalue weighted by atomic mass is 35.5. The molecule has 0 radical (unpaired) electrons. The van der Waals surface area contributed by atoms with Crippen LogP contribution in [0.1, 0.15) is 13.8 Å². The fourth-order valence-electron chi connectivity index (χ4n) is 0.773. The molecule has 0 spiro atoms. The first-order valence-electron chi connectivity index (χ1n) is 4.30. The van der Waals surface area contributed by atoms with Crippen LogP contribution < -0.4 is 4.72 Å². The summed E-state index contributed by atoms with van der Waals surface area (Å²) in [6.07, 6.45) is 0.766. The Morgan fingerprint density at radius 2 is 2.20 bits per heavy atom. The highest BCUT2D eigenvalue weighted by Crippen LogP contribution is 2.26. The van der Waals surface area contributed by atoms with Crippen LogP contribution in [0.5, 0.6) is 0 Å². The van der Waals surface area contributed by atoms with E-state index in [0.29, 0.717) is 4.90 Å². The van der Waals surface area contributed by atoms with Gasteiger partial charge in [-0.25, -0.2) is 9.11 Å². The highest BCUT2D eigenvalue weighted by Gasteiger charge is 2.17. The van der Waals surface area contributed by atoms with Crippen LogP contribution in [0.4, 0.5) is 4.39 Å². The van der Waals surface area contributed by atoms with E-state index in [2.05, 4.69) is 4.72 Å². The Kier molecular flexibility index (Phi) is 4.13. The SMILES string of the molecule is CC(C)(C=O)NSc1cccc(Cl)c1F. The summed E-state index contributed by atoms with van der Waals surface area (Å²) in [5, 5.41) is 0.0747. The number of aldehydes is 1. The molecule has 0 heterocycles. The van der Waals surface area contributed by atoms with E-state index in [1.54, 1.807) is 26.0 Å². The van der Waals surface area contributed by atoms with Crippen LogP contribution in [0.2, 0.25) is 5.02 Å². The normalized spacial score (nSPS) is 11.5. The Morgan fingerprint density at radius 1 is 1.53 bits per heavy atom. The molecule has 0 aromatic heterocycles. The molecule has 0 saturated carbocycles. The Bertz CT molecular complexity index is 370. The van der Waals surface area contributed by atoms with Gasteiger partial charge < -0.3 is 4.79 Å². The van der Waals surface area contributed by atoms with Crippen molar-refractivity contribution < 1.29 is 9.18 Å². The van der Waals surface area contributed by atoms with Gasteiger partial charge in [0.15, 0.2) is 5.82 Å². The standard InChI is InChI=1S/C10H11ClFNOS/c1-10(2,6-14)13-15-8-5-3-4-7(11)9(8)12/h3-6,13H,1-2H3. The summed E-state index contributed by atoms with van der Waals surface area (Å²) in [6, 6.07) is 4.73. The summed E-state index contributed by atoms with van der Waals surface area (Å²) < 4.78 is 16.2. The van der Waals surface area contributed by atoms with Crippen LogP contribution >= 0.6 is 23.5 Å². The Balaban J connectivity index is 2.74. The summed E-state index contributed by atoms with van der Waals surface area (Å²) in [6.45, 7) is 3.41. The molecular weight excluding hydrogens is 237 g/mol. The Morgan fingerprint density at radius 3 is 2.80 bits per heavy atom. The average Bonchev–Trinajstić information content (AvgIpc) is 2.20. The second-order valence-corrected chi connectivity index (χ2v) is 4.85. The van der Waals surface area contributed by atoms with Gasteiger partial charge in [0, 0.05) is 0 Å². The van der Waals surface area contributed by atoms with Gasteiger partial charge in [-0.15, -0.1) is 0 Å². The molecule has 0 aliphatic carbocycles. The van der Waals surface area contributed by atoms with Crippen LogP contribution in [0.15, 0.2) is 23.1 Å². The number of nitrogens with one attached hydrogen (secondary N) is 1. The second-order valence-electron chi connectivity index (χ2n) is 3.60. The second kappa shape index (κ2) is 4.96. The maximum Gasteiger partial charge on any atom is 0.156 e. The number of carbonyl (C=O) groups excluding carboxylic acids is 1. The van der Waals surface area contributed by atoms with Gasteiger partial charge in [0.25, 0.3) is 0 Å². The molecule has 0 bridgehead atoms. The molecule has 0 fully saturated rings. The molecular formula is C10H11ClFNOS. The third-order valence-electron chi connectivity index (χ3n) is 1.63. The molecule has 5 heteroatoms. The third-order valence-corrected chi connectivity index (χ3v) is 3.09. The Labute approximate surface area is 97.3 Å². The van der Waals surface area contributed by atoms with Gasteiger partial charge in [0.2, 0.25) is 0 Å². The molecule has 0 aliphatic heterocycles. The predicted octanol–water partition coefficient (Wildman–Crippen LogP) is 3.05. The van der Waals surface area contributed by atoms with E-state index in [-0.39, 0.29) is 5.02 Å². The summed E-state index contributed by atoms with van der Waals surface area (Å²) in [5.74, 6) is -0.474. The van der Waals surface area contributed by atoms with E-state index in [0.717, 1.165) is 18.2 Å². The van der Waals surface area contributed by atoms with Crippen LogP contribution in [0.25, 0.3) is 0 Å². The average molecular weight is 248 g/mol. The molecule has 0 unspecified atom stereocenters. The largest absolute Gasteiger partial charge is 0.301 e. The lowest BCUT2D eigenvalue weighted by Gasteiger charge is -2.18. The number of hydrogen-bond acceptors (Lipinski definition) is 3. The lowest BCUT2D eigenvalue weighted by atomic mass is 10.1. The lowest BCUT2D eigenvalue weighted by molar-refractivity contribution is -0.111. The maximum atomic E-state index is 13.4. The van der Waals surface area contributed by atoms with Crippen molar-refractivity contribution in [2.24, 2.45) is 0 Å². The summed E-state index contributed by atoms with van der Waals surface area (Å²) in [7, 11) is 0. The van der Waals surface area contributed by atoms with Crippen molar-refractivity contribution in [1.82, 2.24) is 4.72 Å². The molecule has 1 N–H and O–H groups in total. The van der Waals surface area contributed by atoms with Crippen molar-refractivity contribution >= 4 is 29.8 Å². The summed E-state index contributed by atoms with van der Waals surface area (Å²) in [4.78, 5) is 11.0. The molecule has 15 heavy (non-hydrogen) atoms. The van der Waals surface area contributed by atoms with Gasteiger partial charge in [0.05, 0.1) is 15.5 Å². The summed E-state index contributed by atoms with van der Waals surface area (Å²) in [5.41, 5.74) is -0.695. The van der Waals surface area contributed by atoms with Crippen LogP contribution in [0.3, 0.4) is 0 Å². The molecule has 82 valence electrons. The summed E-state index contributed by atoms with van der Waals surface area (Å²) >= 11 is 6.66.